The summed E-state index contributed by atoms with van der Waals surface area (Å²) in [4.78, 5) is 18.0. The zero-order valence-electron chi connectivity index (χ0n) is 12.6. The predicted molar refractivity (Wildman–Crippen MR) is 88.6 cm³/mol. The molecule has 112 valence electrons. The lowest BCUT2D eigenvalue weighted by atomic mass is 10.2. The Labute approximate surface area is 132 Å². The number of rotatable bonds is 3. The van der Waals surface area contributed by atoms with Crippen molar-refractivity contribution in [3.63, 3.8) is 0 Å². The second-order valence-corrected chi connectivity index (χ2v) is 5.89. The monoisotopic (exact) mass is 312 g/mol. The molecule has 2 aromatic heterocycles. The van der Waals surface area contributed by atoms with E-state index in [2.05, 4.69) is 15.4 Å². The maximum Gasteiger partial charge on any atom is 0.261 e. The Hall–Kier alpha value is -2.34. The number of aromatic nitrogens is 3. The first-order valence-electron chi connectivity index (χ1n) is 6.86. The SMILES string of the molecule is CSc1ccc(NC(=O)c2cnn3c(C)cc(C)nc23)cc1. The van der Waals surface area contributed by atoms with Crippen LogP contribution in [0.1, 0.15) is 21.7 Å². The summed E-state index contributed by atoms with van der Waals surface area (Å²) >= 11 is 1.66. The van der Waals surface area contributed by atoms with Crippen LogP contribution in [0.15, 0.2) is 41.4 Å². The molecule has 0 unspecified atom stereocenters. The molecular weight excluding hydrogens is 296 g/mol. The van der Waals surface area contributed by atoms with E-state index in [1.54, 1.807) is 22.5 Å². The number of benzene rings is 1. The molecule has 0 aliphatic carbocycles. The van der Waals surface area contributed by atoms with Crippen LogP contribution in [0.3, 0.4) is 0 Å². The molecule has 1 aromatic carbocycles. The number of thioether (sulfide) groups is 1. The molecule has 2 heterocycles. The van der Waals surface area contributed by atoms with Gasteiger partial charge >= 0.3 is 0 Å². The minimum Gasteiger partial charge on any atom is -0.322 e. The number of nitrogens with zero attached hydrogens (tertiary/aromatic N) is 3. The van der Waals surface area contributed by atoms with Crippen LogP contribution in [0.5, 0.6) is 0 Å². The summed E-state index contributed by atoms with van der Waals surface area (Å²) in [6.45, 7) is 3.85. The number of hydrogen-bond donors (Lipinski definition) is 1. The minimum absolute atomic E-state index is 0.204. The van der Waals surface area contributed by atoms with E-state index in [1.165, 1.54) is 0 Å². The molecule has 0 saturated heterocycles. The normalized spacial score (nSPS) is 10.9. The lowest BCUT2D eigenvalue weighted by Crippen LogP contribution is -2.12. The molecule has 0 spiro atoms. The summed E-state index contributed by atoms with van der Waals surface area (Å²) in [5.41, 5.74) is 3.62. The van der Waals surface area contributed by atoms with Gasteiger partial charge in [0.2, 0.25) is 0 Å². The number of amides is 1. The topological polar surface area (TPSA) is 59.3 Å². The zero-order chi connectivity index (χ0) is 15.7. The first-order chi connectivity index (χ1) is 10.6. The van der Waals surface area contributed by atoms with E-state index in [1.807, 2.05) is 50.4 Å². The van der Waals surface area contributed by atoms with Crippen molar-refractivity contribution in [2.45, 2.75) is 18.7 Å². The Morgan fingerprint density at radius 1 is 1.23 bits per heavy atom. The van der Waals surface area contributed by atoms with Crippen LogP contribution in [0.4, 0.5) is 5.69 Å². The van der Waals surface area contributed by atoms with Crippen LogP contribution in [0, 0.1) is 13.8 Å². The summed E-state index contributed by atoms with van der Waals surface area (Å²) in [5, 5.41) is 7.12. The number of fused-ring (bicyclic) bond motifs is 1. The van der Waals surface area contributed by atoms with E-state index in [-0.39, 0.29) is 5.91 Å². The van der Waals surface area contributed by atoms with E-state index in [0.717, 1.165) is 22.0 Å². The third kappa shape index (κ3) is 2.69. The van der Waals surface area contributed by atoms with Gasteiger partial charge in [-0.25, -0.2) is 9.50 Å². The Morgan fingerprint density at radius 3 is 2.64 bits per heavy atom. The van der Waals surface area contributed by atoms with Crippen molar-refractivity contribution in [1.29, 1.82) is 0 Å². The van der Waals surface area contributed by atoms with Gasteiger partial charge in [-0.1, -0.05) is 0 Å². The van der Waals surface area contributed by atoms with E-state index in [0.29, 0.717) is 11.2 Å². The quantitative estimate of drug-likeness (QED) is 0.754. The van der Waals surface area contributed by atoms with E-state index < -0.39 is 0 Å². The van der Waals surface area contributed by atoms with Crippen LogP contribution in [-0.2, 0) is 0 Å². The predicted octanol–water partition coefficient (Wildman–Crippen LogP) is 3.32. The van der Waals surface area contributed by atoms with Crippen molar-refractivity contribution in [3.8, 4) is 0 Å². The molecule has 1 N–H and O–H groups in total. The molecule has 0 fully saturated rings. The van der Waals surface area contributed by atoms with Crippen LogP contribution in [0.25, 0.3) is 5.65 Å². The van der Waals surface area contributed by atoms with Gasteiger partial charge < -0.3 is 5.32 Å². The van der Waals surface area contributed by atoms with Gasteiger partial charge in [-0.05, 0) is 50.4 Å². The number of hydrogen-bond acceptors (Lipinski definition) is 4. The Balaban J connectivity index is 1.91. The number of nitrogens with one attached hydrogen (secondary N) is 1. The molecule has 0 aliphatic heterocycles. The molecule has 0 atom stereocenters. The Morgan fingerprint density at radius 2 is 1.95 bits per heavy atom. The number of carbonyl (C=O) groups is 1. The number of carbonyl (C=O) groups excluding carboxylic acids is 1. The molecule has 1 amide bonds. The molecule has 0 bridgehead atoms. The maximum absolute atomic E-state index is 12.5. The number of anilines is 1. The van der Waals surface area contributed by atoms with Crippen LogP contribution < -0.4 is 5.32 Å². The fourth-order valence-corrected chi connectivity index (χ4v) is 2.71. The lowest BCUT2D eigenvalue weighted by Gasteiger charge is -2.05. The maximum atomic E-state index is 12.5. The van der Waals surface area contributed by atoms with E-state index in [4.69, 9.17) is 0 Å². The van der Waals surface area contributed by atoms with Gasteiger partial charge in [-0.3, -0.25) is 4.79 Å². The van der Waals surface area contributed by atoms with Crippen molar-refractivity contribution in [3.05, 3.63) is 53.5 Å². The van der Waals surface area contributed by atoms with Gasteiger partial charge in [0.25, 0.3) is 5.91 Å². The molecular formula is C16H16N4OS. The molecule has 3 aromatic rings. The second-order valence-electron chi connectivity index (χ2n) is 5.02. The highest BCUT2D eigenvalue weighted by atomic mass is 32.2. The fraction of sp³-hybridized carbons (Fsp3) is 0.188. The third-order valence-corrected chi connectivity index (χ3v) is 4.11. The van der Waals surface area contributed by atoms with Crippen molar-refractivity contribution < 1.29 is 4.79 Å². The molecule has 6 heteroatoms. The van der Waals surface area contributed by atoms with Gasteiger partial charge in [-0.2, -0.15) is 5.10 Å². The first kappa shape index (κ1) is 14.6. The third-order valence-electron chi connectivity index (χ3n) is 3.37. The van der Waals surface area contributed by atoms with Crippen LogP contribution in [-0.4, -0.2) is 26.8 Å². The number of aryl methyl sites for hydroxylation is 2. The molecule has 22 heavy (non-hydrogen) atoms. The van der Waals surface area contributed by atoms with Gasteiger partial charge in [0.1, 0.15) is 5.56 Å². The smallest absolute Gasteiger partial charge is 0.261 e. The second kappa shape index (κ2) is 5.81. The summed E-state index contributed by atoms with van der Waals surface area (Å²) in [6, 6.07) is 9.66. The molecule has 0 aliphatic rings. The van der Waals surface area contributed by atoms with E-state index >= 15 is 0 Å². The summed E-state index contributed by atoms with van der Waals surface area (Å²) < 4.78 is 1.68. The molecule has 0 saturated carbocycles. The van der Waals surface area contributed by atoms with Crippen molar-refractivity contribution >= 4 is 29.0 Å². The molecule has 0 radical (unpaired) electrons. The van der Waals surface area contributed by atoms with Crippen molar-refractivity contribution in [1.82, 2.24) is 14.6 Å². The van der Waals surface area contributed by atoms with E-state index in [9.17, 15) is 4.79 Å². The average molecular weight is 312 g/mol. The van der Waals surface area contributed by atoms with Gasteiger partial charge in [0.15, 0.2) is 5.65 Å². The largest absolute Gasteiger partial charge is 0.322 e. The highest BCUT2D eigenvalue weighted by molar-refractivity contribution is 7.98. The highest BCUT2D eigenvalue weighted by Crippen LogP contribution is 2.19. The average Bonchev–Trinajstić information content (AvgIpc) is 2.92. The van der Waals surface area contributed by atoms with Gasteiger partial charge in [0, 0.05) is 22.0 Å². The minimum atomic E-state index is -0.204. The van der Waals surface area contributed by atoms with Gasteiger partial charge in [0.05, 0.1) is 6.20 Å². The van der Waals surface area contributed by atoms with Crippen molar-refractivity contribution in [2.24, 2.45) is 0 Å². The zero-order valence-corrected chi connectivity index (χ0v) is 13.4. The van der Waals surface area contributed by atoms with Crippen LogP contribution in [0.2, 0.25) is 0 Å². The fourth-order valence-electron chi connectivity index (χ4n) is 2.30. The summed E-state index contributed by atoms with van der Waals surface area (Å²) in [7, 11) is 0. The summed E-state index contributed by atoms with van der Waals surface area (Å²) in [6.07, 6.45) is 3.57. The molecule has 5 nitrogen and oxygen atoms in total. The van der Waals surface area contributed by atoms with Crippen molar-refractivity contribution in [2.75, 3.05) is 11.6 Å². The lowest BCUT2D eigenvalue weighted by molar-refractivity contribution is 0.102. The highest BCUT2D eigenvalue weighted by Gasteiger charge is 2.15. The van der Waals surface area contributed by atoms with Crippen LogP contribution >= 0.6 is 11.8 Å². The molecule has 3 rings (SSSR count). The Bertz CT molecular complexity index is 839. The van der Waals surface area contributed by atoms with Gasteiger partial charge in [-0.15, -0.1) is 11.8 Å². The Kier molecular flexibility index (Phi) is 3.85. The first-order valence-corrected chi connectivity index (χ1v) is 8.08. The standard InChI is InChI=1S/C16H16N4OS/c1-10-8-11(2)20-15(18-10)14(9-17-20)16(21)19-12-4-6-13(22-3)7-5-12/h4-9H,1-3H3,(H,19,21). The summed E-state index contributed by atoms with van der Waals surface area (Å²) in [5.74, 6) is -0.204.